The highest BCUT2D eigenvalue weighted by molar-refractivity contribution is 6.00. The van der Waals surface area contributed by atoms with Gasteiger partial charge >= 0.3 is 0 Å². The minimum absolute atomic E-state index is 0.00475. The van der Waals surface area contributed by atoms with Crippen molar-refractivity contribution in [3.05, 3.63) is 69.8 Å². The Morgan fingerprint density at radius 3 is 2.68 bits per heavy atom. The lowest BCUT2D eigenvalue weighted by molar-refractivity contribution is -0.384. The summed E-state index contributed by atoms with van der Waals surface area (Å²) in [7, 11) is 0. The molecule has 7 nitrogen and oxygen atoms in total. The van der Waals surface area contributed by atoms with E-state index in [0.717, 1.165) is 5.56 Å². The molecule has 1 amide bonds. The second-order valence-electron chi connectivity index (χ2n) is 7.37. The predicted octanol–water partition coefficient (Wildman–Crippen LogP) is 3.16. The topological polar surface area (TPSA) is 89.8 Å². The first-order valence-electron chi connectivity index (χ1n) is 9.28. The number of hydrogen-bond donors (Lipinski definition) is 0. The van der Waals surface area contributed by atoms with Gasteiger partial charge in [-0.2, -0.15) is 0 Å². The molecule has 2 aromatic rings. The fourth-order valence-corrected chi connectivity index (χ4v) is 3.92. The number of aryl methyl sites for hydroxylation is 1. The second-order valence-corrected chi connectivity index (χ2v) is 7.37. The van der Waals surface area contributed by atoms with Crippen LogP contribution in [0.4, 0.5) is 5.69 Å². The molecule has 0 radical (unpaired) electrons. The molecule has 0 bridgehead atoms. The van der Waals surface area contributed by atoms with Crippen molar-refractivity contribution in [2.75, 3.05) is 13.1 Å². The van der Waals surface area contributed by atoms with E-state index in [9.17, 15) is 19.7 Å². The number of non-ortho nitro benzene ring substituents is 1. The molecular weight excluding hydrogens is 360 g/mol. The molecule has 2 heterocycles. The summed E-state index contributed by atoms with van der Waals surface area (Å²) in [6, 6.07) is 13.5. The first kappa shape index (κ1) is 18.2. The van der Waals surface area contributed by atoms with Crippen molar-refractivity contribution in [3.8, 4) is 5.75 Å². The number of likely N-dealkylation sites (tertiary alicyclic amines) is 1. The zero-order chi connectivity index (χ0) is 19.7. The van der Waals surface area contributed by atoms with E-state index in [4.69, 9.17) is 4.74 Å². The van der Waals surface area contributed by atoms with Gasteiger partial charge in [0.1, 0.15) is 11.4 Å². The van der Waals surface area contributed by atoms with Crippen LogP contribution in [0.3, 0.4) is 0 Å². The van der Waals surface area contributed by atoms with Gasteiger partial charge in [-0.1, -0.05) is 24.3 Å². The van der Waals surface area contributed by atoms with Gasteiger partial charge in [-0.3, -0.25) is 19.7 Å². The number of Topliss-reactive ketones (excluding diaryl/α,β-unsaturated/α-hetero) is 1. The number of nitro benzene ring substituents is 1. The molecule has 28 heavy (non-hydrogen) atoms. The van der Waals surface area contributed by atoms with Crippen LogP contribution in [0.25, 0.3) is 0 Å². The van der Waals surface area contributed by atoms with Crippen LogP contribution in [-0.4, -0.2) is 40.2 Å². The van der Waals surface area contributed by atoms with Crippen LogP contribution in [-0.2, 0) is 11.2 Å². The van der Waals surface area contributed by atoms with Gasteiger partial charge in [-0.15, -0.1) is 0 Å². The maximum absolute atomic E-state index is 12.6. The lowest BCUT2D eigenvalue weighted by atomic mass is 9.89. The van der Waals surface area contributed by atoms with E-state index in [1.165, 1.54) is 12.1 Å². The highest BCUT2D eigenvalue weighted by Gasteiger charge is 2.46. The SMILES string of the molecule is O=C1CC2(CCN(C(=O)CCc3ccc([N+](=O)[O-])cc3)C2)Oc2ccccc21. The van der Waals surface area contributed by atoms with Crippen molar-refractivity contribution in [2.45, 2.75) is 31.3 Å². The number of amides is 1. The number of hydrogen-bond acceptors (Lipinski definition) is 5. The van der Waals surface area contributed by atoms with Crippen LogP contribution in [0.2, 0.25) is 0 Å². The molecule has 2 aliphatic rings. The number of para-hydroxylation sites is 1. The first-order chi connectivity index (χ1) is 13.5. The zero-order valence-corrected chi connectivity index (χ0v) is 15.3. The van der Waals surface area contributed by atoms with Crippen molar-refractivity contribution >= 4 is 17.4 Å². The Labute approximate surface area is 162 Å². The third-order valence-corrected chi connectivity index (χ3v) is 5.44. The number of benzene rings is 2. The standard InChI is InChI=1S/C21H20N2O5/c24-18-13-21(28-19-4-2-1-3-17(18)19)11-12-22(14-21)20(25)10-7-15-5-8-16(9-6-15)23(26)27/h1-6,8-9H,7,10-14H2. The van der Waals surface area contributed by atoms with Crippen LogP contribution in [0.15, 0.2) is 48.5 Å². The Balaban J connectivity index is 1.37. The molecular formula is C21H20N2O5. The Bertz CT molecular complexity index is 940. The quantitative estimate of drug-likeness (QED) is 0.600. The number of ketones is 1. The largest absolute Gasteiger partial charge is 0.484 e. The Morgan fingerprint density at radius 2 is 1.93 bits per heavy atom. The van der Waals surface area contributed by atoms with E-state index in [2.05, 4.69) is 0 Å². The summed E-state index contributed by atoms with van der Waals surface area (Å²) in [5, 5.41) is 10.7. The third kappa shape index (κ3) is 3.47. The van der Waals surface area contributed by atoms with Gasteiger partial charge in [0.25, 0.3) is 5.69 Å². The molecule has 1 atom stereocenters. The fourth-order valence-electron chi connectivity index (χ4n) is 3.92. The number of rotatable bonds is 4. The monoisotopic (exact) mass is 380 g/mol. The molecule has 1 unspecified atom stereocenters. The number of carbonyl (C=O) groups excluding carboxylic acids is 2. The number of fused-ring (bicyclic) bond motifs is 1. The van der Waals surface area contributed by atoms with Gasteiger partial charge in [0.15, 0.2) is 5.78 Å². The zero-order valence-electron chi connectivity index (χ0n) is 15.3. The molecule has 1 saturated heterocycles. The summed E-state index contributed by atoms with van der Waals surface area (Å²) >= 11 is 0. The molecule has 4 rings (SSSR count). The van der Waals surface area contributed by atoms with Gasteiger partial charge in [0, 0.05) is 31.5 Å². The molecule has 144 valence electrons. The molecule has 0 saturated carbocycles. The lowest BCUT2D eigenvalue weighted by Crippen LogP contribution is -2.45. The van der Waals surface area contributed by atoms with Gasteiger partial charge in [0.2, 0.25) is 5.91 Å². The van der Waals surface area contributed by atoms with Crippen LogP contribution >= 0.6 is 0 Å². The average Bonchev–Trinajstić information content (AvgIpc) is 3.09. The molecule has 2 aliphatic heterocycles. The molecule has 0 N–H and O–H groups in total. The number of ether oxygens (including phenoxy) is 1. The van der Waals surface area contributed by atoms with E-state index in [1.807, 2.05) is 12.1 Å². The third-order valence-electron chi connectivity index (χ3n) is 5.44. The van der Waals surface area contributed by atoms with Crippen LogP contribution in [0, 0.1) is 10.1 Å². The summed E-state index contributed by atoms with van der Waals surface area (Å²) in [4.78, 5) is 37.1. The van der Waals surface area contributed by atoms with Gasteiger partial charge in [0.05, 0.1) is 23.5 Å². The number of nitrogens with zero attached hydrogens (tertiary/aromatic N) is 2. The first-order valence-corrected chi connectivity index (χ1v) is 9.28. The molecule has 2 aromatic carbocycles. The summed E-state index contributed by atoms with van der Waals surface area (Å²) in [6.45, 7) is 0.973. The smallest absolute Gasteiger partial charge is 0.269 e. The molecule has 0 aliphatic carbocycles. The average molecular weight is 380 g/mol. The fraction of sp³-hybridized carbons (Fsp3) is 0.333. The van der Waals surface area contributed by atoms with E-state index in [0.29, 0.717) is 43.7 Å². The lowest BCUT2D eigenvalue weighted by Gasteiger charge is -2.34. The Kier molecular flexibility index (Phi) is 4.58. The maximum atomic E-state index is 12.6. The van der Waals surface area contributed by atoms with E-state index in [1.54, 1.807) is 29.2 Å². The Morgan fingerprint density at radius 1 is 1.18 bits per heavy atom. The van der Waals surface area contributed by atoms with Gasteiger partial charge in [-0.25, -0.2) is 0 Å². The van der Waals surface area contributed by atoms with Gasteiger partial charge < -0.3 is 9.64 Å². The minimum atomic E-state index is -0.631. The summed E-state index contributed by atoms with van der Waals surface area (Å²) in [5.74, 6) is 0.658. The van der Waals surface area contributed by atoms with Crippen molar-refractivity contribution in [1.82, 2.24) is 4.90 Å². The molecule has 1 fully saturated rings. The van der Waals surface area contributed by atoms with Crippen LogP contribution < -0.4 is 4.74 Å². The van der Waals surface area contributed by atoms with Gasteiger partial charge in [-0.05, 0) is 24.1 Å². The maximum Gasteiger partial charge on any atom is 0.269 e. The normalized spacial score (nSPS) is 20.7. The summed E-state index contributed by atoms with van der Waals surface area (Å²) in [6.07, 6.45) is 1.76. The van der Waals surface area contributed by atoms with Crippen molar-refractivity contribution in [1.29, 1.82) is 0 Å². The van der Waals surface area contributed by atoms with Crippen LogP contribution in [0.1, 0.15) is 35.2 Å². The van der Waals surface area contributed by atoms with Crippen LogP contribution in [0.5, 0.6) is 5.75 Å². The van der Waals surface area contributed by atoms with Crippen molar-refractivity contribution < 1.29 is 19.2 Å². The molecule has 0 aromatic heterocycles. The highest BCUT2D eigenvalue weighted by Crippen LogP contribution is 2.38. The van der Waals surface area contributed by atoms with E-state index >= 15 is 0 Å². The highest BCUT2D eigenvalue weighted by atomic mass is 16.6. The minimum Gasteiger partial charge on any atom is -0.484 e. The molecule has 7 heteroatoms. The summed E-state index contributed by atoms with van der Waals surface area (Å²) < 4.78 is 6.15. The second kappa shape index (κ2) is 7.07. The number of carbonyl (C=O) groups is 2. The number of nitro groups is 1. The van der Waals surface area contributed by atoms with E-state index < -0.39 is 10.5 Å². The predicted molar refractivity (Wildman–Crippen MR) is 101 cm³/mol. The van der Waals surface area contributed by atoms with Crippen molar-refractivity contribution in [3.63, 3.8) is 0 Å². The van der Waals surface area contributed by atoms with Crippen molar-refractivity contribution in [2.24, 2.45) is 0 Å². The summed E-state index contributed by atoms with van der Waals surface area (Å²) in [5.41, 5.74) is 0.895. The Hall–Kier alpha value is -3.22. The molecule has 1 spiro atoms. The van der Waals surface area contributed by atoms with E-state index in [-0.39, 0.29) is 23.8 Å².